The zero-order chi connectivity index (χ0) is 18.1. The molecule has 1 atom stereocenters. The molecule has 25 heavy (non-hydrogen) atoms. The minimum atomic E-state index is -0.504. The van der Waals surface area contributed by atoms with Crippen molar-refractivity contribution in [3.05, 3.63) is 54.6 Å². The van der Waals surface area contributed by atoms with Crippen molar-refractivity contribution in [1.82, 2.24) is 5.32 Å². The monoisotopic (exact) mass is 342 g/mol. The number of carbonyl (C=O) groups excluding carboxylic acids is 1. The van der Waals surface area contributed by atoms with Gasteiger partial charge in [0.2, 0.25) is 0 Å². The number of carbonyl (C=O) groups is 1. The van der Waals surface area contributed by atoms with Gasteiger partial charge in [0.15, 0.2) is 6.10 Å². The molecule has 0 spiro atoms. The van der Waals surface area contributed by atoms with Crippen molar-refractivity contribution in [2.75, 3.05) is 32.1 Å². The molecule has 5 nitrogen and oxygen atoms in total. The lowest BCUT2D eigenvalue weighted by Crippen LogP contribution is -2.41. The molecule has 0 saturated carbocycles. The minimum Gasteiger partial charge on any atom is -0.497 e. The second-order valence-corrected chi connectivity index (χ2v) is 5.74. The van der Waals surface area contributed by atoms with Crippen molar-refractivity contribution in [1.29, 1.82) is 0 Å². The van der Waals surface area contributed by atoms with Gasteiger partial charge in [-0.1, -0.05) is 25.1 Å². The molecule has 0 fully saturated rings. The summed E-state index contributed by atoms with van der Waals surface area (Å²) in [6.07, 6.45) is 0.0993. The molecule has 0 aliphatic heterocycles. The van der Waals surface area contributed by atoms with Gasteiger partial charge in [0.1, 0.15) is 11.5 Å². The standard InChI is InChI=1S/C20H26N2O3/c1-4-19(25-18-12-10-17(24-3)11-13-18)20(23)21-14-15-22(2)16-8-6-5-7-9-16/h5-13,19H,4,14-15H2,1-3H3,(H,21,23)/t19-/m1/s1. The third-order valence-electron chi connectivity index (χ3n) is 3.94. The van der Waals surface area contributed by atoms with E-state index in [2.05, 4.69) is 10.2 Å². The second-order valence-electron chi connectivity index (χ2n) is 5.74. The van der Waals surface area contributed by atoms with Crippen LogP contribution >= 0.6 is 0 Å². The molecule has 0 heterocycles. The van der Waals surface area contributed by atoms with Gasteiger partial charge in [0.05, 0.1) is 7.11 Å². The van der Waals surface area contributed by atoms with E-state index in [9.17, 15) is 4.79 Å². The fourth-order valence-corrected chi connectivity index (χ4v) is 2.41. The Morgan fingerprint density at radius 2 is 1.72 bits per heavy atom. The number of amides is 1. The molecule has 0 unspecified atom stereocenters. The molecule has 0 bridgehead atoms. The highest BCUT2D eigenvalue weighted by atomic mass is 16.5. The number of methoxy groups -OCH3 is 1. The normalized spacial score (nSPS) is 11.5. The molecular formula is C20H26N2O3. The smallest absolute Gasteiger partial charge is 0.261 e. The van der Waals surface area contributed by atoms with Crippen molar-refractivity contribution in [2.24, 2.45) is 0 Å². The summed E-state index contributed by atoms with van der Waals surface area (Å²) in [5, 5.41) is 2.95. The SMILES string of the molecule is CC[C@@H](Oc1ccc(OC)cc1)C(=O)NCCN(C)c1ccccc1. The van der Waals surface area contributed by atoms with Crippen LogP contribution in [0.25, 0.3) is 0 Å². The molecule has 2 rings (SSSR count). The van der Waals surface area contributed by atoms with Gasteiger partial charge >= 0.3 is 0 Å². The molecule has 2 aromatic rings. The number of likely N-dealkylation sites (N-methyl/N-ethyl adjacent to an activating group) is 1. The summed E-state index contributed by atoms with van der Waals surface area (Å²) in [6.45, 7) is 3.23. The Morgan fingerprint density at radius 3 is 2.32 bits per heavy atom. The third-order valence-corrected chi connectivity index (χ3v) is 3.94. The predicted molar refractivity (Wildman–Crippen MR) is 100 cm³/mol. The first-order chi connectivity index (χ1) is 12.1. The first-order valence-corrected chi connectivity index (χ1v) is 8.48. The van der Waals surface area contributed by atoms with Crippen molar-refractivity contribution in [3.63, 3.8) is 0 Å². The summed E-state index contributed by atoms with van der Waals surface area (Å²) < 4.78 is 10.9. The van der Waals surface area contributed by atoms with Gasteiger partial charge in [0, 0.05) is 25.8 Å². The van der Waals surface area contributed by atoms with Crippen LogP contribution in [0, 0.1) is 0 Å². The van der Waals surface area contributed by atoms with E-state index < -0.39 is 6.10 Å². The maximum atomic E-state index is 12.3. The van der Waals surface area contributed by atoms with Crippen LogP contribution in [-0.4, -0.2) is 39.3 Å². The van der Waals surface area contributed by atoms with Gasteiger partial charge in [-0.2, -0.15) is 0 Å². The van der Waals surface area contributed by atoms with E-state index in [0.29, 0.717) is 18.7 Å². The van der Waals surface area contributed by atoms with Crippen molar-refractivity contribution >= 4 is 11.6 Å². The van der Waals surface area contributed by atoms with Gasteiger partial charge in [0.25, 0.3) is 5.91 Å². The van der Waals surface area contributed by atoms with E-state index in [1.165, 1.54) is 0 Å². The first kappa shape index (κ1) is 18.6. The Bertz CT molecular complexity index is 644. The summed E-state index contributed by atoms with van der Waals surface area (Å²) in [5.41, 5.74) is 1.12. The van der Waals surface area contributed by atoms with Crippen LogP contribution in [0.2, 0.25) is 0 Å². The van der Waals surface area contributed by atoms with Crippen LogP contribution in [0.5, 0.6) is 11.5 Å². The molecule has 2 aromatic carbocycles. The van der Waals surface area contributed by atoms with Gasteiger partial charge < -0.3 is 19.7 Å². The molecule has 0 aromatic heterocycles. The van der Waals surface area contributed by atoms with E-state index in [-0.39, 0.29) is 5.91 Å². The maximum Gasteiger partial charge on any atom is 0.261 e. The molecule has 0 saturated heterocycles. The van der Waals surface area contributed by atoms with E-state index in [1.54, 1.807) is 19.2 Å². The van der Waals surface area contributed by atoms with Crippen LogP contribution in [0.3, 0.4) is 0 Å². The number of hydrogen-bond donors (Lipinski definition) is 1. The number of rotatable bonds is 9. The number of anilines is 1. The van der Waals surface area contributed by atoms with Crippen molar-refractivity contribution in [3.8, 4) is 11.5 Å². The molecule has 1 N–H and O–H groups in total. The average molecular weight is 342 g/mol. The molecule has 0 aliphatic rings. The molecule has 0 aliphatic carbocycles. The Balaban J connectivity index is 1.81. The third kappa shape index (κ3) is 5.71. The van der Waals surface area contributed by atoms with Gasteiger partial charge in [-0.25, -0.2) is 0 Å². The number of para-hydroxylation sites is 1. The molecule has 0 radical (unpaired) electrons. The van der Waals surface area contributed by atoms with Crippen LogP contribution in [-0.2, 0) is 4.79 Å². The Labute approximate surface area is 149 Å². The van der Waals surface area contributed by atoms with E-state index in [1.807, 2.05) is 56.4 Å². The average Bonchev–Trinajstić information content (AvgIpc) is 2.67. The maximum absolute atomic E-state index is 12.3. The highest BCUT2D eigenvalue weighted by Gasteiger charge is 2.18. The lowest BCUT2D eigenvalue weighted by Gasteiger charge is -2.21. The van der Waals surface area contributed by atoms with E-state index >= 15 is 0 Å². The van der Waals surface area contributed by atoms with Gasteiger partial charge in [-0.15, -0.1) is 0 Å². The van der Waals surface area contributed by atoms with Crippen LogP contribution in [0.4, 0.5) is 5.69 Å². The lowest BCUT2D eigenvalue weighted by atomic mass is 10.2. The molecule has 1 amide bonds. The quantitative estimate of drug-likeness (QED) is 0.761. The van der Waals surface area contributed by atoms with Crippen LogP contribution in [0.15, 0.2) is 54.6 Å². The fraction of sp³-hybridized carbons (Fsp3) is 0.350. The van der Waals surface area contributed by atoms with Gasteiger partial charge in [-0.3, -0.25) is 4.79 Å². The first-order valence-electron chi connectivity index (χ1n) is 8.48. The van der Waals surface area contributed by atoms with Crippen LogP contribution in [0.1, 0.15) is 13.3 Å². The fourth-order valence-electron chi connectivity index (χ4n) is 2.41. The Morgan fingerprint density at radius 1 is 1.08 bits per heavy atom. The number of nitrogens with zero attached hydrogens (tertiary/aromatic N) is 1. The number of nitrogens with one attached hydrogen (secondary N) is 1. The number of benzene rings is 2. The molecule has 5 heteroatoms. The summed E-state index contributed by atoms with van der Waals surface area (Å²) in [6, 6.07) is 17.3. The second kappa shape index (κ2) is 9.57. The summed E-state index contributed by atoms with van der Waals surface area (Å²) in [5.74, 6) is 1.32. The summed E-state index contributed by atoms with van der Waals surface area (Å²) in [4.78, 5) is 14.4. The zero-order valence-electron chi connectivity index (χ0n) is 15.1. The van der Waals surface area contributed by atoms with Crippen LogP contribution < -0.4 is 19.7 Å². The van der Waals surface area contributed by atoms with Gasteiger partial charge in [-0.05, 0) is 42.8 Å². The predicted octanol–water partition coefficient (Wildman–Crippen LogP) is 3.11. The number of ether oxygens (including phenoxy) is 2. The Kier molecular flexibility index (Phi) is 7.14. The topological polar surface area (TPSA) is 50.8 Å². The zero-order valence-corrected chi connectivity index (χ0v) is 15.1. The summed E-state index contributed by atoms with van der Waals surface area (Å²) >= 11 is 0. The Hall–Kier alpha value is -2.69. The highest BCUT2D eigenvalue weighted by Crippen LogP contribution is 2.19. The largest absolute Gasteiger partial charge is 0.497 e. The van der Waals surface area contributed by atoms with E-state index in [4.69, 9.17) is 9.47 Å². The number of hydrogen-bond acceptors (Lipinski definition) is 4. The minimum absolute atomic E-state index is 0.0974. The van der Waals surface area contributed by atoms with Crippen molar-refractivity contribution < 1.29 is 14.3 Å². The van der Waals surface area contributed by atoms with Crippen molar-refractivity contribution in [2.45, 2.75) is 19.4 Å². The molecule has 134 valence electrons. The highest BCUT2D eigenvalue weighted by molar-refractivity contribution is 5.81. The lowest BCUT2D eigenvalue weighted by molar-refractivity contribution is -0.128. The summed E-state index contributed by atoms with van der Waals surface area (Å²) in [7, 11) is 3.62. The van der Waals surface area contributed by atoms with E-state index in [0.717, 1.165) is 18.0 Å². The molecular weight excluding hydrogens is 316 g/mol.